The Hall–Kier alpha value is -2.02. The number of thioether (sulfide) groups is 1. The van der Waals surface area contributed by atoms with Crippen molar-refractivity contribution in [2.75, 3.05) is 12.8 Å². The number of aromatic nitrogens is 2. The van der Waals surface area contributed by atoms with Crippen LogP contribution in [-0.2, 0) is 10.5 Å². The number of esters is 1. The van der Waals surface area contributed by atoms with Gasteiger partial charge in [0.25, 0.3) is 5.22 Å². The molecule has 0 saturated carbocycles. The summed E-state index contributed by atoms with van der Waals surface area (Å²) in [7, 11) is 1.33. The Labute approximate surface area is 114 Å². The Bertz CT molecular complexity index is 598. The van der Waals surface area contributed by atoms with Gasteiger partial charge < -0.3 is 14.9 Å². The quantitative estimate of drug-likeness (QED) is 0.520. The number of benzene rings is 1. The van der Waals surface area contributed by atoms with E-state index in [1.165, 1.54) is 18.9 Å². The first-order valence-electron chi connectivity index (χ1n) is 5.50. The Kier molecular flexibility index (Phi) is 4.06. The van der Waals surface area contributed by atoms with Crippen molar-refractivity contribution in [1.82, 2.24) is 10.2 Å². The van der Waals surface area contributed by atoms with E-state index < -0.39 is 5.97 Å². The van der Waals surface area contributed by atoms with E-state index in [-0.39, 0.29) is 0 Å². The number of carbonyl (C=O) groups is 1. The molecule has 100 valence electrons. The van der Waals surface area contributed by atoms with Crippen molar-refractivity contribution in [3.63, 3.8) is 0 Å². The second kappa shape index (κ2) is 5.75. The van der Waals surface area contributed by atoms with Crippen molar-refractivity contribution in [3.05, 3.63) is 35.2 Å². The van der Waals surface area contributed by atoms with E-state index in [0.29, 0.717) is 28.1 Å². The molecule has 0 saturated heterocycles. The first-order valence-corrected chi connectivity index (χ1v) is 6.49. The third-order valence-corrected chi connectivity index (χ3v) is 3.30. The van der Waals surface area contributed by atoms with Crippen LogP contribution in [0.15, 0.2) is 27.8 Å². The van der Waals surface area contributed by atoms with Crippen molar-refractivity contribution in [1.29, 1.82) is 0 Å². The van der Waals surface area contributed by atoms with E-state index in [1.54, 1.807) is 19.1 Å². The minimum Gasteiger partial charge on any atom is -0.465 e. The normalized spacial score (nSPS) is 10.4. The van der Waals surface area contributed by atoms with Gasteiger partial charge in [-0.25, -0.2) is 4.79 Å². The maximum absolute atomic E-state index is 11.7. The van der Waals surface area contributed by atoms with Crippen LogP contribution in [0.4, 0.5) is 5.69 Å². The molecule has 19 heavy (non-hydrogen) atoms. The minimum atomic E-state index is -0.449. The lowest BCUT2D eigenvalue weighted by Crippen LogP contribution is -2.09. The molecule has 1 aromatic carbocycles. The van der Waals surface area contributed by atoms with Crippen LogP contribution in [-0.4, -0.2) is 23.3 Å². The number of anilines is 1. The monoisotopic (exact) mass is 279 g/mol. The number of nitrogens with two attached hydrogens (primary N) is 1. The molecule has 0 aliphatic rings. The van der Waals surface area contributed by atoms with Gasteiger partial charge in [-0.3, -0.25) is 0 Å². The molecule has 0 radical (unpaired) electrons. The third kappa shape index (κ3) is 3.05. The predicted molar refractivity (Wildman–Crippen MR) is 70.8 cm³/mol. The van der Waals surface area contributed by atoms with Gasteiger partial charge in [-0.15, -0.1) is 10.2 Å². The third-order valence-electron chi connectivity index (χ3n) is 2.43. The van der Waals surface area contributed by atoms with E-state index in [9.17, 15) is 4.79 Å². The van der Waals surface area contributed by atoms with Crippen LogP contribution in [0.2, 0.25) is 0 Å². The smallest absolute Gasteiger partial charge is 0.340 e. The lowest BCUT2D eigenvalue weighted by Gasteiger charge is -2.09. The van der Waals surface area contributed by atoms with E-state index in [4.69, 9.17) is 14.9 Å². The van der Waals surface area contributed by atoms with Crippen molar-refractivity contribution >= 4 is 23.4 Å². The van der Waals surface area contributed by atoms with Gasteiger partial charge in [-0.05, 0) is 11.6 Å². The van der Waals surface area contributed by atoms with Gasteiger partial charge >= 0.3 is 5.97 Å². The number of hydrogen-bond donors (Lipinski definition) is 1. The summed E-state index contributed by atoms with van der Waals surface area (Å²) >= 11 is 1.34. The maximum atomic E-state index is 11.7. The highest BCUT2D eigenvalue weighted by atomic mass is 32.2. The van der Waals surface area contributed by atoms with Crippen LogP contribution >= 0.6 is 11.8 Å². The predicted octanol–water partition coefficient (Wildman–Crippen LogP) is 2.04. The molecule has 1 heterocycles. The van der Waals surface area contributed by atoms with E-state index in [0.717, 1.165) is 5.56 Å². The SMILES string of the molecule is COC(=O)c1c(N)cccc1CSc1nnc(C)o1. The fourth-order valence-corrected chi connectivity index (χ4v) is 2.37. The highest BCUT2D eigenvalue weighted by Gasteiger charge is 2.16. The highest BCUT2D eigenvalue weighted by molar-refractivity contribution is 7.98. The molecule has 0 atom stereocenters. The highest BCUT2D eigenvalue weighted by Crippen LogP contribution is 2.26. The molecule has 0 aliphatic heterocycles. The summed E-state index contributed by atoms with van der Waals surface area (Å²) in [5.74, 6) is 0.551. The average Bonchev–Trinajstić information content (AvgIpc) is 2.81. The Morgan fingerprint density at radius 1 is 1.47 bits per heavy atom. The van der Waals surface area contributed by atoms with E-state index in [1.807, 2.05) is 6.07 Å². The number of nitrogens with zero attached hydrogens (tertiary/aromatic N) is 2. The van der Waals surface area contributed by atoms with Gasteiger partial charge in [0, 0.05) is 18.4 Å². The average molecular weight is 279 g/mol. The molecular formula is C12H13N3O3S. The number of hydrogen-bond acceptors (Lipinski definition) is 7. The molecule has 0 bridgehead atoms. The molecule has 0 amide bonds. The fourth-order valence-electron chi connectivity index (χ4n) is 1.57. The standard InChI is InChI=1S/C12H13N3O3S/c1-7-14-15-12(18-7)19-6-8-4-3-5-9(13)10(8)11(16)17-2/h3-5H,6,13H2,1-2H3. The van der Waals surface area contributed by atoms with Crippen molar-refractivity contribution in [3.8, 4) is 0 Å². The summed E-state index contributed by atoms with van der Waals surface area (Å²) in [5, 5.41) is 8.07. The fraction of sp³-hybridized carbons (Fsp3) is 0.250. The lowest BCUT2D eigenvalue weighted by atomic mass is 10.1. The second-order valence-electron chi connectivity index (χ2n) is 3.75. The van der Waals surface area contributed by atoms with Gasteiger partial charge in [-0.1, -0.05) is 23.9 Å². The van der Waals surface area contributed by atoms with Crippen LogP contribution in [0.5, 0.6) is 0 Å². The zero-order chi connectivity index (χ0) is 13.8. The molecular weight excluding hydrogens is 266 g/mol. The molecule has 0 fully saturated rings. The van der Waals surface area contributed by atoms with Gasteiger partial charge in [0.1, 0.15) is 0 Å². The van der Waals surface area contributed by atoms with Gasteiger partial charge in [0.05, 0.1) is 12.7 Å². The largest absolute Gasteiger partial charge is 0.465 e. The molecule has 7 heteroatoms. The Morgan fingerprint density at radius 3 is 2.89 bits per heavy atom. The summed E-state index contributed by atoms with van der Waals surface area (Å²) in [4.78, 5) is 11.7. The van der Waals surface area contributed by atoms with Crippen LogP contribution < -0.4 is 5.73 Å². The summed E-state index contributed by atoms with van der Waals surface area (Å²) in [6, 6.07) is 5.27. The van der Waals surface area contributed by atoms with Crippen molar-refractivity contribution < 1.29 is 13.9 Å². The van der Waals surface area contributed by atoms with Crippen LogP contribution in [0.25, 0.3) is 0 Å². The van der Waals surface area contributed by atoms with Crippen molar-refractivity contribution in [2.45, 2.75) is 17.9 Å². The first-order chi connectivity index (χ1) is 9.11. The van der Waals surface area contributed by atoms with Gasteiger partial charge in [-0.2, -0.15) is 0 Å². The lowest BCUT2D eigenvalue weighted by molar-refractivity contribution is 0.0601. The number of rotatable bonds is 4. The molecule has 6 nitrogen and oxygen atoms in total. The Balaban J connectivity index is 2.20. The summed E-state index contributed by atoms with van der Waals surface area (Å²) in [6.45, 7) is 1.72. The summed E-state index contributed by atoms with van der Waals surface area (Å²) in [5.41, 5.74) is 7.36. The number of nitrogen functional groups attached to an aromatic ring is 1. The van der Waals surface area contributed by atoms with Gasteiger partial charge in [0.2, 0.25) is 5.89 Å². The zero-order valence-corrected chi connectivity index (χ0v) is 11.4. The van der Waals surface area contributed by atoms with Crippen LogP contribution in [0, 0.1) is 6.92 Å². The number of aryl methyl sites for hydroxylation is 1. The van der Waals surface area contributed by atoms with Crippen LogP contribution in [0.1, 0.15) is 21.8 Å². The summed E-state index contributed by atoms with van der Waals surface area (Å²) in [6.07, 6.45) is 0. The van der Waals surface area contributed by atoms with Gasteiger partial charge in [0.15, 0.2) is 0 Å². The Morgan fingerprint density at radius 2 is 2.26 bits per heavy atom. The number of carbonyl (C=O) groups excluding carboxylic acids is 1. The van der Waals surface area contributed by atoms with Crippen LogP contribution in [0.3, 0.4) is 0 Å². The second-order valence-corrected chi connectivity index (χ2v) is 4.68. The van der Waals surface area contributed by atoms with Crippen molar-refractivity contribution in [2.24, 2.45) is 0 Å². The first kappa shape index (κ1) is 13.4. The van der Waals surface area contributed by atoms with E-state index >= 15 is 0 Å². The maximum Gasteiger partial charge on any atom is 0.340 e. The topological polar surface area (TPSA) is 91.2 Å². The van der Waals surface area contributed by atoms with E-state index in [2.05, 4.69) is 10.2 Å². The molecule has 2 N–H and O–H groups in total. The molecule has 0 unspecified atom stereocenters. The number of ether oxygens (including phenoxy) is 1. The zero-order valence-electron chi connectivity index (χ0n) is 10.5. The molecule has 2 rings (SSSR count). The molecule has 1 aromatic heterocycles. The molecule has 0 aliphatic carbocycles. The number of methoxy groups -OCH3 is 1. The minimum absolute atomic E-state index is 0.383. The summed E-state index contributed by atoms with van der Waals surface area (Å²) < 4.78 is 9.99. The molecule has 0 spiro atoms. The molecule has 2 aromatic rings.